The first-order valence-corrected chi connectivity index (χ1v) is 7.14. The molecule has 22 heavy (non-hydrogen) atoms. The van der Waals surface area contributed by atoms with Gasteiger partial charge in [-0.3, -0.25) is 0 Å². The molecule has 0 spiro atoms. The van der Waals surface area contributed by atoms with Crippen LogP contribution in [0, 0.1) is 0 Å². The van der Waals surface area contributed by atoms with Crippen molar-refractivity contribution in [1.82, 2.24) is 9.78 Å². The number of carbonyl (C=O) groups is 1. The molecule has 1 aromatic heterocycles. The fourth-order valence-electron chi connectivity index (χ4n) is 2.13. The van der Waals surface area contributed by atoms with Crippen molar-refractivity contribution >= 4 is 29.2 Å². The summed E-state index contributed by atoms with van der Waals surface area (Å²) in [7, 11) is 0. The van der Waals surface area contributed by atoms with Crippen LogP contribution in [0.2, 0.25) is 10.0 Å². The maximum atomic E-state index is 11.4. The summed E-state index contributed by atoms with van der Waals surface area (Å²) in [5.41, 5.74) is 1.56. The molecule has 2 aromatic carbocycles. The normalized spacial score (nSPS) is 10.6. The molecule has 0 aliphatic carbocycles. The zero-order chi connectivity index (χ0) is 15.7. The van der Waals surface area contributed by atoms with Gasteiger partial charge in [0.1, 0.15) is 0 Å². The van der Waals surface area contributed by atoms with Crippen LogP contribution in [0.4, 0.5) is 0 Å². The van der Waals surface area contributed by atoms with Crippen molar-refractivity contribution in [3.63, 3.8) is 0 Å². The predicted octanol–water partition coefficient (Wildman–Crippen LogP) is 3.21. The molecule has 0 saturated heterocycles. The summed E-state index contributed by atoms with van der Waals surface area (Å²) in [4.78, 5) is 11.4. The van der Waals surface area contributed by atoms with Crippen LogP contribution in [-0.2, 0) is 0 Å². The number of nitrogens with zero attached hydrogens (tertiary/aromatic N) is 2. The second-order valence-electron chi connectivity index (χ2n) is 4.57. The number of aromatic carboxylic acids is 1. The summed E-state index contributed by atoms with van der Waals surface area (Å²) in [5, 5.41) is 16.7. The first-order chi connectivity index (χ1) is 10.6. The van der Waals surface area contributed by atoms with E-state index in [2.05, 4.69) is 5.10 Å². The quantitative estimate of drug-likeness (QED) is 0.740. The van der Waals surface area contributed by atoms with Gasteiger partial charge in [-0.25, -0.2) is 4.68 Å². The lowest BCUT2D eigenvalue weighted by molar-refractivity contribution is -0.255. The molecule has 4 nitrogen and oxygen atoms in total. The molecule has 0 saturated carbocycles. The van der Waals surface area contributed by atoms with Gasteiger partial charge in [0, 0.05) is 10.6 Å². The average molecular weight is 332 g/mol. The van der Waals surface area contributed by atoms with Gasteiger partial charge >= 0.3 is 0 Å². The van der Waals surface area contributed by atoms with Crippen LogP contribution in [0.5, 0.6) is 0 Å². The van der Waals surface area contributed by atoms with E-state index in [1.54, 1.807) is 48.5 Å². The Hall–Kier alpha value is -2.30. The molecule has 0 aliphatic rings. The van der Waals surface area contributed by atoms with Gasteiger partial charge in [-0.15, -0.1) is 0 Å². The number of carboxylic acids is 1. The van der Waals surface area contributed by atoms with Crippen molar-refractivity contribution in [2.75, 3.05) is 0 Å². The van der Waals surface area contributed by atoms with Crippen molar-refractivity contribution in [2.24, 2.45) is 0 Å². The summed E-state index contributed by atoms with van der Waals surface area (Å²) >= 11 is 12.1. The minimum Gasteiger partial charge on any atom is -0.543 e. The van der Waals surface area contributed by atoms with E-state index in [4.69, 9.17) is 23.2 Å². The monoisotopic (exact) mass is 331 g/mol. The minimum atomic E-state index is -1.33. The van der Waals surface area contributed by atoms with Crippen molar-refractivity contribution in [3.05, 3.63) is 70.3 Å². The summed E-state index contributed by atoms with van der Waals surface area (Å²) < 4.78 is 1.28. The molecule has 1 heterocycles. The van der Waals surface area contributed by atoms with Crippen LogP contribution in [0.3, 0.4) is 0 Å². The third-order valence-corrected chi connectivity index (χ3v) is 3.69. The fourth-order valence-corrected chi connectivity index (χ4v) is 2.55. The van der Waals surface area contributed by atoms with Crippen molar-refractivity contribution in [2.45, 2.75) is 0 Å². The molecular weight excluding hydrogens is 323 g/mol. The SMILES string of the molecule is O=C([O-])c1cc(-c2ccccc2Cl)nn1-c1cccc(Cl)c1. The van der Waals surface area contributed by atoms with E-state index in [-0.39, 0.29) is 5.69 Å². The molecule has 0 fully saturated rings. The number of carbonyl (C=O) groups excluding carboxylic acids is 1. The van der Waals surface area contributed by atoms with Crippen LogP contribution in [-0.4, -0.2) is 15.7 Å². The van der Waals surface area contributed by atoms with Gasteiger partial charge in [0.15, 0.2) is 0 Å². The molecule has 0 N–H and O–H groups in total. The average Bonchev–Trinajstić information content (AvgIpc) is 2.93. The molecule has 0 unspecified atom stereocenters. The van der Waals surface area contributed by atoms with E-state index < -0.39 is 5.97 Å². The molecule has 110 valence electrons. The third-order valence-electron chi connectivity index (χ3n) is 3.12. The van der Waals surface area contributed by atoms with Gasteiger partial charge in [0.25, 0.3) is 0 Å². The van der Waals surface area contributed by atoms with E-state index in [0.29, 0.717) is 27.0 Å². The summed E-state index contributed by atoms with van der Waals surface area (Å²) in [6.07, 6.45) is 0. The van der Waals surface area contributed by atoms with Crippen molar-refractivity contribution in [3.8, 4) is 16.9 Å². The number of hydrogen-bond acceptors (Lipinski definition) is 3. The molecule has 0 aliphatic heterocycles. The third kappa shape index (κ3) is 2.71. The second-order valence-corrected chi connectivity index (χ2v) is 5.42. The second kappa shape index (κ2) is 5.83. The highest BCUT2D eigenvalue weighted by Gasteiger charge is 2.14. The van der Waals surface area contributed by atoms with Gasteiger partial charge in [-0.2, -0.15) is 5.10 Å². The molecule has 0 atom stereocenters. The lowest BCUT2D eigenvalue weighted by Gasteiger charge is -2.07. The fraction of sp³-hybridized carbons (Fsp3) is 0. The molecule has 3 aromatic rings. The molecule has 6 heteroatoms. The molecule has 0 bridgehead atoms. The Kier molecular flexibility index (Phi) is 3.88. The van der Waals surface area contributed by atoms with Crippen LogP contribution in [0.15, 0.2) is 54.6 Å². The largest absolute Gasteiger partial charge is 0.543 e. The smallest absolute Gasteiger partial charge is 0.0949 e. The Morgan fingerprint density at radius 1 is 1.05 bits per heavy atom. The Labute approximate surface area is 136 Å². The van der Waals surface area contributed by atoms with Crippen LogP contribution in [0.1, 0.15) is 10.5 Å². The standard InChI is InChI=1S/C16H10Cl2N2O2/c17-10-4-3-5-11(8-10)20-15(16(21)22)9-14(19-20)12-6-1-2-7-13(12)18/h1-9H,(H,21,22)/p-1. The first kappa shape index (κ1) is 14.6. The van der Waals surface area contributed by atoms with Crippen molar-refractivity contribution < 1.29 is 9.90 Å². The van der Waals surface area contributed by atoms with E-state index in [9.17, 15) is 9.90 Å². The number of hydrogen-bond donors (Lipinski definition) is 0. The number of aromatic nitrogens is 2. The van der Waals surface area contributed by atoms with E-state index in [1.165, 1.54) is 10.7 Å². The van der Waals surface area contributed by atoms with Gasteiger partial charge in [0.05, 0.1) is 28.1 Å². The summed E-state index contributed by atoms with van der Waals surface area (Å²) in [6.45, 7) is 0. The number of carboxylic acid groups (broad SMARTS) is 1. The van der Waals surface area contributed by atoms with Gasteiger partial charge in [-0.1, -0.05) is 47.5 Å². The topological polar surface area (TPSA) is 57.9 Å². The maximum Gasteiger partial charge on any atom is 0.0949 e. The number of benzene rings is 2. The van der Waals surface area contributed by atoms with Crippen LogP contribution in [0.25, 0.3) is 16.9 Å². The number of halogens is 2. The zero-order valence-corrected chi connectivity index (χ0v) is 12.7. The molecule has 3 rings (SSSR count). The minimum absolute atomic E-state index is 0.0720. The van der Waals surface area contributed by atoms with Gasteiger partial charge in [0.2, 0.25) is 0 Å². The highest BCUT2D eigenvalue weighted by Crippen LogP contribution is 2.28. The molecule has 0 radical (unpaired) electrons. The van der Waals surface area contributed by atoms with Crippen molar-refractivity contribution in [1.29, 1.82) is 0 Å². The van der Waals surface area contributed by atoms with E-state index in [1.807, 2.05) is 0 Å². The first-order valence-electron chi connectivity index (χ1n) is 6.38. The van der Waals surface area contributed by atoms with Crippen LogP contribution < -0.4 is 5.11 Å². The highest BCUT2D eigenvalue weighted by atomic mass is 35.5. The number of rotatable bonds is 3. The molecular formula is C16H9Cl2N2O2-. The van der Waals surface area contributed by atoms with Gasteiger partial charge in [-0.05, 0) is 30.3 Å². The Bertz CT molecular complexity index is 859. The lowest BCUT2D eigenvalue weighted by atomic mass is 10.1. The zero-order valence-electron chi connectivity index (χ0n) is 11.2. The predicted molar refractivity (Wildman–Crippen MR) is 83.4 cm³/mol. The van der Waals surface area contributed by atoms with Crippen LogP contribution >= 0.6 is 23.2 Å². The maximum absolute atomic E-state index is 11.4. The summed E-state index contributed by atoms with van der Waals surface area (Å²) in [6, 6.07) is 15.3. The Balaban J connectivity index is 2.19. The summed E-state index contributed by atoms with van der Waals surface area (Å²) in [5.74, 6) is -1.33. The Morgan fingerprint density at radius 3 is 2.50 bits per heavy atom. The Morgan fingerprint density at radius 2 is 1.82 bits per heavy atom. The highest BCUT2D eigenvalue weighted by molar-refractivity contribution is 6.33. The van der Waals surface area contributed by atoms with E-state index in [0.717, 1.165) is 0 Å². The van der Waals surface area contributed by atoms with E-state index >= 15 is 0 Å². The lowest BCUT2D eigenvalue weighted by Crippen LogP contribution is -2.25. The molecule has 0 amide bonds. The van der Waals surface area contributed by atoms with Gasteiger partial charge < -0.3 is 9.90 Å².